The molecule has 134 valence electrons. The van der Waals surface area contributed by atoms with Crippen molar-refractivity contribution in [3.05, 3.63) is 47.3 Å². The summed E-state index contributed by atoms with van der Waals surface area (Å²) >= 11 is 0. The molecule has 0 heterocycles. The van der Waals surface area contributed by atoms with E-state index in [1.807, 2.05) is 38.1 Å². The first-order valence-electron chi connectivity index (χ1n) is 8.66. The van der Waals surface area contributed by atoms with E-state index in [1.165, 1.54) is 17.2 Å². The molecule has 2 aliphatic rings. The second-order valence-corrected chi connectivity index (χ2v) is 7.30. The lowest BCUT2D eigenvalue weighted by molar-refractivity contribution is -0.151. The predicted molar refractivity (Wildman–Crippen MR) is 90.3 cm³/mol. The predicted octanol–water partition coefficient (Wildman–Crippen LogP) is 3.39. The fourth-order valence-corrected chi connectivity index (χ4v) is 3.70. The number of ether oxygens (including phenoxy) is 2. The number of hydrogen-bond acceptors (Lipinski definition) is 4. The lowest BCUT2D eigenvalue weighted by Gasteiger charge is -2.12. The molecule has 4 nitrogen and oxygen atoms in total. The van der Waals surface area contributed by atoms with Crippen LogP contribution in [0.3, 0.4) is 0 Å². The number of allylic oxidation sites excluding steroid dienone is 1. The third-order valence-corrected chi connectivity index (χ3v) is 5.26. The van der Waals surface area contributed by atoms with Gasteiger partial charge in [0.1, 0.15) is 6.10 Å². The number of carbonyl (C=O) groups is 2. The number of rotatable bonds is 5. The van der Waals surface area contributed by atoms with E-state index in [-0.39, 0.29) is 24.6 Å². The van der Waals surface area contributed by atoms with E-state index in [0.29, 0.717) is 12.8 Å². The molecule has 1 aromatic carbocycles. The minimum atomic E-state index is -0.983. The van der Waals surface area contributed by atoms with Gasteiger partial charge in [-0.3, -0.25) is 4.79 Å². The Balaban J connectivity index is 1.61. The van der Waals surface area contributed by atoms with Crippen LogP contribution in [0, 0.1) is 17.3 Å². The van der Waals surface area contributed by atoms with Gasteiger partial charge >= 0.3 is 11.9 Å². The second kappa shape index (κ2) is 6.62. The maximum absolute atomic E-state index is 13.9. The minimum Gasteiger partial charge on any atom is -0.461 e. The molecule has 0 aromatic heterocycles. The van der Waals surface area contributed by atoms with E-state index in [2.05, 4.69) is 4.74 Å². The van der Waals surface area contributed by atoms with E-state index < -0.39 is 23.1 Å². The number of hydrogen-bond donors (Lipinski definition) is 0. The average molecular weight is 346 g/mol. The van der Waals surface area contributed by atoms with Crippen LogP contribution in [0.4, 0.5) is 4.39 Å². The first kappa shape index (κ1) is 17.6. The lowest BCUT2D eigenvalue weighted by atomic mass is 10.1. The normalized spacial score (nSPS) is 24.6. The lowest BCUT2D eigenvalue weighted by Crippen LogP contribution is -2.21. The highest BCUT2D eigenvalue weighted by molar-refractivity contribution is 5.87. The van der Waals surface area contributed by atoms with E-state index in [1.54, 1.807) is 6.92 Å². The van der Waals surface area contributed by atoms with Gasteiger partial charge in [0.2, 0.25) is 5.83 Å². The molecule has 0 saturated heterocycles. The summed E-state index contributed by atoms with van der Waals surface area (Å²) in [4.78, 5) is 23.9. The Labute approximate surface area is 147 Å². The summed E-state index contributed by atoms with van der Waals surface area (Å²) in [6, 6.07) is 8.05. The SMILES string of the molecule is CCOC(=O)C(F)=C[C@H]1[C@@H](C(=O)OC2Cc3ccccc3C2)C1(C)C. The van der Waals surface area contributed by atoms with E-state index in [0.717, 1.165) is 0 Å². The van der Waals surface area contributed by atoms with Gasteiger partial charge in [0.15, 0.2) is 0 Å². The average Bonchev–Trinajstić information content (AvgIpc) is 2.90. The molecule has 2 atom stereocenters. The van der Waals surface area contributed by atoms with Crippen molar-refractivity contribution in [2.75, 3.05) is 6.61 Å². The van der Waals surface area contributed by atoms with Crippen molar-refractivity contribution < 1.29 is 23.5 Å². The van der Waals surface area contributed by atoms with Gasteiger partial charge in [-0.25, -0.2) is 4.79 Å². The minimum absolute atomic E-state index is 0.113. The summed E-state index contributed by atoms with van der Waals surface area (Å²) in [5.41, 5.74) is 1.99. The Morgan fingerprint density at radius 1 is 1.24 bits per heavy atom. The zero-order chi connectivity index (χ0) is 18.2. The van der Waals surface area contributed by atoms with Crippen molar-refractivity contribution in [2.24, 2.45) is 17.3 Å². The van der Waals surface area contributed by atoms with Crippen LogP contribution in [0.1, 0.15) is 31.9 Å². The quantitative estimate of drug-likeness (QED) is 0.606. The summed E-state index contributed by atoms with van der Waals surface area (Å²) in [6.45, 7) is 5.48. The fraction of sp³-hybridized carbons (Fsp3) is 0.500. The standard InChI is InChI=1S/C20H23FO4/c1-4-24-18(22)16(21)11-15-17(20(15,2)3)19(23)25-14-9-12-7-5-6-8-13(12)10-14/h5-8,11,14-15,17H,4,9-10H2,1-3H3/t15-,17-/m0/s1. The van der Waals surface area contributed by atoms with Crippen LogP contribution in [0.25, 0.3) is 0 Å². The zero-order valence-electron chi connectivity index (χ0n) is 14.8. The molecule has 1 fully saturated rings. The highest BCUT2D eigenvalue weighted by Gasteiger charge is 2.62. The molecule has 0 bridgehead atoms. The van der Waals surface area contributed by atoms with Crippen molar-refractivity contribution in [1.82, 2.24) is 0 Å². The van der Waals surface area contributed by atoms with E-state index in [9.17, 15) is 14.0 Å². The molecule has 1 saturated carbocycles. The van der Waals surface area contributed by atoms with Gasteiger partial charge in [-0.15, -0.1) is 0 Å². The van der Waals surface area contributed by atoms with Crippen molar-refractivity contribution in [1.29, 1.82) is 0 Å². The molecule has 0 aliphatic heterocycles. The number of halogens is 1. The number of benzene rings is 1. The van der Waals surface area contributed by atoms with Crippen LogP contribution in [0.15, 0.2) is 36.2 Å². The van der Waals surface area contributed by atoms with Crippen molar-refractivity contribution in [3.8, 4) is 0 Å². The Hall–Kier alpha value is -2.17. The van der Waals surface area contributed by atoms with Gasteiger partial charge < -0.3 is 9.47 Å². The summed E-state index contributed by atoms with van der Waals surface area (Å²) in [5.74, 6) is -3.03. The first-order chi connectivity index (χ1) is 11.8. The monoisotopic (exact) mass is 346 g/mol. The van der Waals surface area contributed by atoms with Crippen LogP contribution in [-0.4, -0.2) is 24.6 Å². The Bertz CT molecular complexity index is 697. The molecule has 2 aliphatic carbocycles. The molecule has 0 unspecified atom stereocenters. The summed E-state index contributed by atoms with van der Waals surface area (Å²) in [5, 5.41) is 0. The smallest absolute Gasteiger partial charge is 0.366 e. The van der Waals surface area contributed by atoms with Crippen LogP contribution >= 0.6 is 0 Å². The highest BCUT2D eigenvalue weighted by Crippen LogP contribution is 2.60. The van der Waals surface area contributed by atoms with Crippen LogP contribution in [0.5, 0.6) is 0 Å². The molecule has 25 heavy (non-hydrogen) atoms. The highest BCUT2D eigenvalue weighted by atomic mass is 19.1. The molecule has 0 spiro atoms. The Morgan fingerprint density at radius 3 is 2.40 bits per heavy atom. The van der Waals surface area contributed by atoms with Gasteiger partial charge in [0, 0.05) is 12.8 Å². The summed E-state index contributed by atoms with van der Waals surface area (Å²) in [6.07, 6.45) is 2.47. The largest absolute Gasteiger partial charge is 0.461 e. The molecule has 0 amide bonds. The molecule has 3 rings (SSSR count). The summed E-state index contributed by atoms with van der Waals surface area (Å²) < 4.78 is 24.2. The number of fused-ring (bicyclic) bond motifs is 1. The maximum Gasteiger partial charge on any atom is 0.366 e. The third-order valence-electron chi connectivity index (χ3n) is 5.26. The topological polar surface area (TPSA) is 52.6 Å². The number of carbonyl (C=O) groups excluding carboxylic acids is 2. The Kier molecular flexibility index (Phi) is 4.67. The fourth-order valence-electron chi connectivity index (χ4n) is 3.70. The van der Waals surface area contributed by atoms with Gasteiger partial charge in [-0.05, 0) is 35.5 Å². The van der Waals surface area contributed by atoms with Crippen molar-refractivity contribution >= 4 is 11.9 Å². The second-order valence-electron chi connectivity index (χ2n) is 7.30. The van der Waals surface area contributed by atoms with Crippen LogP contribution in [0.2, 0.25) is 0 Å². The van der Waals surface area contributed by atoms with E-state index in [4.69, 9.17) is 4.74 Å². The van der Waals surface area contributed by atoms with Gasteiger partial charge in [0.25, 0.3) is 0 Å². The van der Waals surface area contributed by atoms with E-state index >= 15 is 0 Å². The molecule has 0 N–H and O–H groups in total. The molecule has 1 aromatic rings. The van der Waals surface area contributed by atoms with Crippen molar-refractivity contribution in [3.63, 3.8) is 0 Å². The van der Waals surface area contributed by atoms with Crippen LogP contribution < -0.4 is 0 Å². The molecule has 5 heteroatoms. The molecule has 0 radical (unpaired) electrons. The number of esters is 2. The molecular weight excluding hydrogens is 323 g/mol. The maximum atomic E-state index is 13.9. The van der Waals surface area contributed by atoms with Gasteiger partial charge in [-0.2, -0.15) is 4.39 Å². The van der Waals surface area contributed by atoms with Crippen LogP contribution in [-0.2, 0) is 31.9 Å². The van der Waals surface area contributed by atoms with Gasteiger partial charge in [-0.1, -0.05) is 38.1 Å². The van der Waals surface area contributed by atoms with Crippen molar-refractivity contribution in [2.45, 2.75) is 39.7 Å². The Morgan fingerprint density at radius 2 is 1.84 bits per heavy atom. The zero-order valence-corrected chi connectivity index (χ0v) is 14.8. The summed E-state index contributed by atoms with van der Waals surface area (Å²) in [7, 11) is 0. The van der Waals surface area contributed by atoms with Gasteiger partial charge in [0.05, 0.1) is 12.5 Å². The first-order valence-corrected chi connectivity index (χ1v) is 8.66. The third kappa shape index (κ3) is 3.46. The molecular formula is C20H23FO4.